The SMILES string of the molecule is [2H]c1c([2H])c(N(c2c([2H])c([2H])c(-c3ccc(-c4ccccc4)cc3)c([2H])c2[2H])c2c([2H])c([2H])c(-c3ccc4oc5ccccc5c4c3)c([2H])c2[2H])c([2H])c([2H])c1-c1ccccc1. The molecule has 0 aliphatic rings. The van der Waals surface area contributed by atoms with E-state index in [2.05, 4.69) is 0 Å². The van der Waals surface area contributed by atoms with Gasteiger partial charge in [-0.05, 0) is 99.0 Å². The molecule has 0 saturated carbocycles. The van der Waals surface area contributed by atoms with Crippen LogP contribution in [0.3, 0.4) is 0 Å². The van der Waals surface area contributed by atoms with Crippen molar-refractivity contribution in [2.75, 3.05) is 4.90 Å². The first-order valence-electron chi connectivity index (χ1n) is 22.0. The molecule has 1 heterocycles. The Balaban J connectivity index is 1.30. The molecule has 9 rings (SSSR count). The van der Waals surface area contributed by atoms with Gasteiger partial charge in [0.2, 0.25) is 0 Å². The van der Waals surface area contributed by atoms with Gasteiger partial charge >= 0.3 is 0 Å². The smallest absolute Gasteiger partial charge is 0.135 e. The molecule has 2 nitrogen and oxygen atoms in total. The molecule has 2 heteroatoms. The predicted molar refractivity (Wildman–Crippen MR) is 210 cm³/mol. The van der Waals surface area contributed by atoms with Gasteiger partial charge < -0.3 is 9.32 Å². The van der Waals surface area contributed by atoms with Crippen molar-refractivity contribution in [2.24, 2.45) is 0 Å². The first kappa shape index (κ1) is 19.4. The number of rotatable bonds is 7. The van der Waals surface area contributed by atoms with Gasteiger partial charge in [-0.3, -0.25) is 0 Å². The van der Waals surface area contributed by atoms with E-state index in [0.717, 1.165) is 21.4 Å². The zero-order valence-electron chi connectivity index (χ0n) is 38.5. The summed E-state index contributed by atoms with van der Waals surface area (Å²) in [5.41, 5.74) is 2.11. The third kappa shape index (κ3) is 5.63. The van der Waals surface area contributed by atoms with Crippen LogP contribution in [-0.4, -0.2) is 0 Å². The highest BCUT2D eigenvalue weighted by atomic mass is 16.3. The minimum absolute atomic E-state index is 0.0461. The number of anilines is 3. The Morgan fingerprint density at radius 3 is 1.24 bits per heavy atom. The largest absolute Gasteiger partial charge is 0.456 e. The van der Waals surface area contributed by atoms with Crippen LogP contribution >= 0.6 is 0 Å². The maximum absolute atomic E-state index is 9.47. The van der Waals surface area contributed by atoms with E-state index in [1.165, 1.54) is 0 Å². The Kier molecular flexibility index (Phi) is 4.95. The van der Waals surface area contributed by atoms with Crippen molar-refractivity contribution in [3.63, 3.8) is 0 Å². The summed E-state index contributed by atoms with van der Waals surface area (Å²) in [6.07, 6.45) is 0. The van der Waals surface area contributed by atoms with Crippen molar-refractivity contribution in [1.29, 1.82) is 0 Å². The fourth-order valence-electron chi connectivity index (χ4n) is 5.97. The lowest BCUT2D eigenvalue weighted by Crippen LogP contribution is -2.09. The summed E-state index contributed by atoms with van der Waals surface area (Å²) in [6, 6.07) is 30.1. The summed E-state index contributed by atoms with van der Waals surface area (Å²) in [5.74, 6) is 0. The predicted octanol–water partition coefficient (Wildman–Crippen LogP) is 13.7. The van der Waals surface area contributed by atoms with Crippen molar-refractivity contribution in [3.8, 4) is 44.5 Å². The fraction of sp³-hybridized carbons (Fsp3) is 0. The molecule has 0 radical (unpaired) electrons. The van der Waals surface area contributed by atoms with Crippen LogP contribution in [0.15, 0.2) is 204 Å². The van der Waals surface area contributed by atoms with Crippen LogP contribution in [0.25, 0.3) is 66.4 Å². The summed E-state index contributed by atoms with van der Waals surface area (Å²) in [7, 11) is 0. The maximum atomic E-state index is 9.47. The minimum Gasteiger partial charge on any atom is -0.456 e. The lowest BCUT2D eigenvalue weighted by atomic mass is 10.00. The van der Waals surface area contributed by atoms with Crippen LogP contribution in [-0.2, 0) is 0 Å². The lowest BCUT2D eigenvalue weighted by Gasteiger charge is -2.26. The second-order valence-electron chi connectivity index (χ2n) is 11.6. The van der Waals surface area contributed by atoms with Crippen LogP contribution in [0.4, 0.5) is 17.1 Å². The van der Waals surface area contributed by atoms with Gasteiger partial charge in [0.25, 0.3) is 0 Å². The number of hydrogen-bond acceptors (Lipinski definition) is 2. The molecule has 1 aromatic heterocycles. The van der Waals surface area contributed by atoms with Crippen LogP contribution in [0.2, 0.25) is 0 Å². The molecule has 50 heavy (non-hydrogen) atoms. The molecule has 9 aromatic rings. The Morgan fingerprint density at radius 1 is 0.320 bits per heavy atom. The van der Waals surface area contributed by atoms with E-state index < -0.39 is 89.6 Å². The quantitative estimate of drug-likeness (QED) is 0.170. The summed E-state index contributed by atoms with van der Waals surface area (Å²) in [6.45, 7) is 0. The summed E-state index contributed by atoms with van der Waals surface area (Å²) in [4.78, 5) is 0.829. The van der Waals surface area contributed by atoms with E-state index in [9.17, 15) is 13.7 Å². The summed E-state index contributed by atoms with van der Waals surface area (Å²) >= 11 is 0. The summed E-state index contributed by atoms with van der Waals surface area (Å²) in [5, 5.41) is 1.46. The third-order valence-electron chi connectivity index (χ3n) is 8.51. The van der Waals surface area contributed by atoms with Crippen molar-refractivity contribution in [1.82, 2.24) is 0 Å². The number of furan rings is 1. The van der Waals surface area contributed by atoms with E-state index >= 15 is 0 Å². The molecule has 0 aliphatic carbocycles. The molecule has 0 aliphatic heterocycles. The van der Waals surface area contributed by atoms with E-state index in [4.69, 9.17) is 7.16 Å². The number of hydrogen-bond donors (Lipinski definition) is 0. The lowest BCUT2D eigenvalue weighted by molar-refractivity contribution is 0.669. The maximum Gasteiger partial charge on any atom is 0.135 e. The number of benzene rings is 8. The first-order chi connectivity index (χ1) is 29.8. The number of fused-ring (bicyclic) bond motifs is 3. The monoisotopic (exact) mass is 651 g/mol. The molecule has 0 N–H and O–H groups in total. The van der Waals surface area contributed by atoms with Gasteiger partial charge in [0.1, 0.15) is 11.2 Å². The second-order valence-corrected chi connectivity index (χ2v) is 11.6. The molecule has 0 saturated heterocycles. The van der Waals surface area contributed by atoms with E-state index in [-0.39, 0.29) is 16.7 Å². The number of para-hydroxylation sites is 1. The van der Waals surface area contributed by atoms with Gasteiger partial charge in [-0.1, -0.05) is 145 Å². The van der Waals surface area contributed by atoms with E-state index in [1.807, 2.05) is 54.6 Å². The van der Waals surface area contributed by atoms with Crippen LogP contribution in [0.1, 0.15) is 16.4 Å². The average Bonchev–Trinajstić information content (AvgIpc) is 3.66. The Hall–Kier alpha value is -6.64. The van der Waals surface area contributed by atoms with Crippen molar-refractivity contribution >= 4 is 39.0 Å². The summed E-state index contributed by atoms with van der Waals surface area (Å²) < 4.78 is 118. The fourth-order valence-corrected chi connectivity index (χ4v) is 5.97. The standard InChI is InChI=1S/C48H33NO/c1-3-9-34(10-4-1)36-15-17-37(18-16-36)39-21-28-43(29-22-39)49(42-26-19-38(20-27-42)35-11-5-2-6-12-35)44-30-23-40(24-31-44)41-25-32-48-46(33-41)45-13-7-8-14-47(45)50-48/h1-33H/i19D,20D,21D,22D,23D,24D,26D,27D,28D,29D,30D,31D. The molecule has 0 spiro atoms. The van der Waals surface area contributed by atoms with Gasteiger partial charge in [0.05, 0.1) is 16.4 Å². The highest BCUT2D eigenvalue weighted by molar-refractivity contribution is 6.06. The van der Waals surface area contributed by atoms with Crippen molar-refractivity contribution < 1.29 is 20.9 Å². The van der Waals surface area contributed by atoms with Crippen LogP contribution in [0.5, 0.6) is 0 Å². The highest BCUT2D eigenvalue weighted by Crippen LogP contribution is 2.39. The Morgan fingerprint density at radius 2 is 0.700 bits per heavy atom. The topological polar surface area (TPSA) is 16.4 Å². The van der Waals surface area contributed by atoms with Crippen LogP contribution in [0, 0.1) is 0 Å². The third-order valence-corrected chi connectivity index (χ3v) is 8.51. The van der Waals surface area contributed by atoms with Gasteiger partial charge in [-0.15, -0.1) is 0 Å². The second kappa shape index (κ2) is 12.8. The van der Waals surface area contributed by atoms with Gasteiger partial charge in [-0.25, -0.2) is 0 Å². The molecule has 0 bridgehead atoms. The normalized spacial score (nSPS) is 14.6. The van der Waals surface area contributed by atoms with Crippen molar-refractivity contribution in [3.05, 3.63) is 200 Å². The van der Waals surface area contributed by atoms with Crippen molar-refractivity contribution in [2.45, 2.75) is 0 Å². The highest BCUT2D eigenvalue weighted by Gasteiger charge is 2.15. The number of nitrogens with zero attached hydrogens (tertiary/aromatic N) is 1. The van der Waals surface area contributed by atoms with Gasteiger partial charge in [-0.2, -0.15) is 0 Å². The van der Waals surface area contributed by atoms with Crippen LogP contribution < -0.4 is 4.90 Å². The molecular weight excluding hydrogens is 607 g/mol. The van der Waals surface area contributed by atoms with Gasteiger partial charge in [0.15, 0.2) is 0 Å². The average molecular weight is 652 g/mol. The first-order valence-corrected chi connectivity index (χ1v) is 16.0. The zero-order valence-corrected chi connectivity index (χ0v) is 26.5. The molecule has 0 amide bonds. The molecular formula is C48H33NO. The minimum atomic E-state index is -0.681. The Bertz CT molecular complexity index is 3170. The van der Waals surface area contributed by atoms with E-state index in [1.54, 1.807) is 72.8 Å². The van der Waals surface area contributed by atoms with E-state index in [0.29, 0.717) is 33.2 Å². The molecule has 0 fully saturated rings. The Labute approximate surface area is 309 Å². The molecule has 0 atom stereocenters. The molecule has 236 valence electrons. The van der Waals surface area contributed by atoms with Gasteiger partial charge in [0, 0.05) is 27.8 Å². The zero-order chi connectivity index (χ0) is 43.7. The molecule has 8 aromatic carbocycles. The molecule has 0 unspecified atom stereocenters.